The van der Waals surface area contributed by atoms with Crippen LogP contribution in [0.15, 0.2) is 21.4 Å². The molecule has 69 heavy (non-hydrogen) atoms. The van der Waals surface area contributed by atoms with E-state index in [0.717, 1.165) is 75.6 Å². The standard InChI is InChI=1S/C24H34BN3O5S2.C23H38BN3O6S/c1-15-16(2)22(17(3)18-9-10-24(4,5)33-21(15)18)35(31,32)28-11-7-6-8-19(27-14-25-30)20(29)23-26-12-13-34-23;1-15-16(2)21(17(3)18-11-12-23(4,5)33-20(15)18)34(30,31)26-13-9-8-10-19(25-14-24-29)22(28)27(6)32-7/h12-13,19,27-28H,6-11,14H2,1-5H3;19,25-26H,8-14H2,1-7H3. The van der Waals surface area contributed by atoms with E-state index in [2.05, 4.69) is 38.9 Å². The van der Waals surface area contributed by atoms with Crippen LogP contribution in [-0.4, -0.2) is 116 Å². The van der Waals surface area contributed by atoms with Gasteiger partial charge in [-0.1, -0.05) is 0 Å². The van der Waals surface area contributed by atoms with Crippen LogP contribution in [0.3, 0.4) is 0 Å². The van der Waals surface area contributed by atoms with Crippen LogP contribution in [0.2, 0.25) is 0 Å². The third-order valence-corrected chi connectivity index (χ3v) is 17.3. The van der Waals surface area contributed by atoms with Crippen molar-refractivity contribution in [3.05, 3.63) is 61.1 Å². The van der Waals surface area contributed by atoms with Gasteiger partial charge < -0.3 is 9.47 Å². The Labute approximate surface area is 415 Å². The molecule has 0 radical (unpaired) electrons. The number of carbonyl (C=O) groups is 2. The molecule has 1 aromatic heterocycles. The minimum Gasteiger partial charge on any atom is -0.487 e. The monoisotopic (exact) mass is 1010 g/mol. The number of sulfonamides is 2. The number of fused-ring (bicyclic) bond motifs is 2. The molecule has 0 saturated heterocycles. The Kier molecular flexibility index (Phi) is 21.0. The number of amides is 1. The number of nitrogens with one attached hydrogen (secondary N) is 4. The van der Waals surface area contributed by atoms with Gasteiger partial charge in [0.1, 0.15) is 22.7 Å². The molecule has 5 rings (SSSR count). The van der Waals surface area contributed by atoms with Crippen molar-refractivity contribution in [2.75, 3.05) is 40.1 Å². The Hall–Kier alpha value is -3.76. The van der Waals surface area contributed by atoms with Crippen LogP contribution in [-0.2, 0) is 51.9 Å². The Morgan fingerprint density at radius 1 is 0.725 bits per heavy atom. The number of unbranched alkanes of at least 4 members (excludes halogenated alkanes) is 2. The van der Waals surface area contributed by atoms with E-state index in [-0.39, 0.29) is 48.9 Å². The summed E-state index contributed by atoms with van der Waals surface area (Å²) in [6.45, 7) is 19.9. The molecule has 0 aliphatic carbocycles. The van der Waals surface area contributed by atoms with Gasteiger partial charge in [0.15, 0.2) is 0 Å². The number of hydrogen-bond donors (Lipinski definition) is 4. The van der Waals surface area contributed by atoms with Crippen LogP contribution < -0.4 is 29.6 Å². The Morgan fingerprint density at radius 3 is 1.57 bits per heavy atom. The third kappa shape index (κ3) is 14.9. The van der Waals surface area contributed by atoms with E-state index in [1.165, 1.54) is 25.5 Å². The molecular weight excluding hydrogens is 942 g/mol. The van der Waals surface area contributed by atoms with Crippen molar-refractivity contribution >= 4 is 57.4 Å². The number of hydrogen-bond acceptors (Lipinski definition) is 15. The summed E-state index contributed by atoms with van der Waals surface area (Å²) < 4.78 is 92.4. The van der Waals surface area contributed by atoms with Crippen molar-refractivity contribution in [1.29, 1.82) is 0 Å². The van der Waals surface area contributed by atoms with Crippen LogP contribution in [0.5, 0.6) is 11.5 Å². The van der Waals surface area contributed by atoms with Gasteiger partial charge in [-0.2, -0.15) is 0 Å². The van der Waals surface area contributed by atoms with E-state index in [1.807, 2.05) is 55.4 Å². The fraction of sp³-hybridized carbons (Fsp3) is 0.638. The second-order valence-corrected chi connectivity index (χ2v) is 23.3. The summed E-state index contributed by atoms with van der Waals surface area (Å²) in [5.74, 6) is 1.19. The van der Waals surface area contributed by atoms with Gasteiger partial charge in [0, 0.05) is 0 Å². The molecule has 4 N–H and O–H groups in total. The molecule has 1 amide bonds. The minimum atomic E-state index is -3.72. The second kappa shape index (κ2) is 25.1. The number of benzene rings is 2. The van der Waals surface area contributed by atoms with Gasteiger partial charge in [-0.05, 0) is 67.2 Å². The summed E-state index contributed by atoms with van der Waals surface area (Å²) in [6, 6.07) is -1.11. The molecule has 2 aliphatic heterocycles. The number of rotatable bonds is 24. The van der Waals surface area contributed by atoms with Crippen LogP contribution >= 0.6 is 11.3 Å². The van der Waals surface area contributed by atoms with E-state index >= 15 is 0 Å². The molecule has 0 saturated carbocycles. The van der Waals surface area contributed by atoms with Crippen molar-refractivity contribution < 1.29 is 50.1 Å². The zero-order chi connectivity index (χ0) is 51.5. The van der Waals surface area contributed by atoms with Gasteiger partial charge in [-0.25, -0.2) is 0 Å². The van der Waals surface area contributed by atoms with Crippen LogP contribution in [0.25, 0.3) is 0 Å². The summed E-state index contributed by atoms with van der Waals surface area (Å²) in [5, 5.41) is 9.07. The summed E-state index contributed by atoms with van der Waals surface area (Å²) in [7, 11) is -3.13. The van der Waals surface area contributed by atoms with E-state index in [0.29, 0.717) is 78.8 Å². The first-order chi connectivity index (χ1) is 32.3. The summed E-state index contributed by atoms with van der Waals surface area (Å²) >= 11 is 1.26. The van der Waals surface area contributed by atoms with Gasteiger partial charge in [0.25, 0.3) is 0 Å². The zero-order valence-corrected chi connectivity index (χ0v) is 44.9. The first-order valence-electron chi connectivity index (χ1n) is 23.6. The van der Waals surface area contributed by atoms with E-state index in [9.17, 15) is 35.8 Å². The molecule has 2 atom stereocenters. The molecule has 3 heterocycles. The van der Waals surface area contributed by atoms with Gasteiger partial charge in [0.2, 0.25) is 0 Å². The van der Waals surface area contributed by atoms with Crippen LogP contribution in [0, 0.1) is 41.5 Å². The fourth-order valence-corrected chi connectivity index (χ4v) is 12.7. The number of thiazole rings is 1. The van der Waals surface area contributed by atoms with E-state index < -0.39 is 32.1 Å². The average molecular weight is 1010 g/mol. The third-order valence-electron chi connectivity index (χ3n) is 13.0. The number of nitrogens with zero attached hydrogens (tertiary/aromatic N) is 2. The molecule has 0 spiro atoms. The second-order valence-electron chi connectivity index (χ2n) is 19.0. The summed E-state index contributed by atoms with van der Waals surface area (Å²) in [5.41, 5.74) is 6.02. The van der Waals surface area contributed by atoms with Gasteiger partial charge >= 0.3 is 317 Å². The van der Waals surface area contributed by atoms with Crippen molar-refractivity contribution in [3.8, 4) is 11.5 Å². The van der Waals surface area contributed by atoms with E-state index in [1.54, 1.807) is 11.6 Å². The van der Waals surface area contributed by atoms with Crippen LogP contribution in [0.4, 0.5) is 0 Å². The predicted octanol–water partition coefficient (Wildman–Crippen LogP) is 5.62. The fourth-order valence-electron chi connectivity index (χ4n) is 8.83. The molecule has 0 bridgehead atoms. The molecule has 2 aliphatic rings. The molecule has 380 valence electrons. The molecule has 17 nitrogen and oxygen atoms in total. The quantitative estimate of drug-likeness (QED) is 0.0370. The normalized spacial score (nSPS) is 15.7. The van der Waals surface area contributed by atoms with Gasteiger partial charge in [0.05, 0.1) is 0 Å². The number of likely N-dealkylation sites (N-methyl/N-ethyl adjacent to an activating group) is 1. The number of ether oxygens (including phenoxy) is 2. The topological polar surface area (TPSA) is 228 Å². The Balaban J connectivity index is 0.000000301. The van der Waals surface area contributed by atoms with Crippen LogP contribution in [0.1, 0.15) is 133 Å². The number of Topliss-reactive ketones (excluding diaryl/α,β-unsaturated/α-hetero) is 1. The van der Waals surface area contributed by atoms with Crippen molar-refractivity contribution in [3.63, 3.8) is 0 Å². The average Bonchev–Trinajstić information content (AvgIpc) is 3.83. The first kappa shape index (κ1) is 57.8. The molecule has 22 heteroatoms. The molecular formula is C47H72B2N6O11S3. The molecule has 2 unspecified atom stereocenters. The number of hydroxylamine groups is 2. The SMILES string of the molecule is CON(C)C(=O)C(CCCCNS(=O)(=O)c1c(C)c(C)c2c(c1C)CCC(C)(C)O2)NCB=O.Cc1c(C)c(S(=O)(=O)NCCCCC(NCB=O)C(=O)c2nccs2)c(C)c2c1OC(C)(C)CC2. The van der Waals surface area contributed by atoms with Crippen molar-refractivity contribution in [2.45, 2.75) is 167 Å². The molecule has 0 fully saturated rings. The maximum absolute atomic E-state index is 13.3. The maximum atomic E-state index is 13.3. The predicted molar refractivity (Wildman–Crippen MR) is 268 cm³/mol. The van der Waals surface area contributed by atoms with Crippen molar-refractivity contribution in [1.82, 2.24) is 30.1 Å². The summed E-state index contributed by atoms with van der Waals surface area (Å²) in [6.07, 6.45) is 8.14. The minimum absolute atomic E-state index is 0.0533. The molecule has 2 aromatic carbocycles. The van der Waals surface area contributed by atoms with Crippen molar-refractivity contribution in [2.24, 2.45) is 0 Å². The summed E-state index contributed by atoms with van der Waals surface area (Å²) in [4.78, 5) is 34.6. The Morgan fingerprint density at radius 2 is 1.16 bits per heavy atom. The Bertz CT molecular complexity index is 2540. The zero-order valence-electron chi connectivity index (χ0n) is 42.5. The van der Waals surface area contributed by atoms with Gasteiger partial charge in [-0.15, -0.1) is 0 Å². The smallest absolute Gasteiger partial charge is 0.487 e. The molecule has 3 aromatic rings. The number of ketones is 1. The number of carbonyl (C=O) groups excluding carboxylic acids is 2. The first-order valence-corrected chi connectivity index (χ1v) is 27.4. The number of aromatic nitrogens is 1. The van der Waals surface area contributed by atoms with E-state index in [4.69, 9.17) is 14.3 Å². The van der Waals surface area contributed by atoms with Gasteiger partial charge in [-0.3, -0.25) is 0 Å².